The largest absolute Gasteiger partial charge is 0.437 e. The summed E-state index contributed by atoms with van der Waals surface area (Å²) in [5, 5.41) is 15.9. The fourth-order valence-electron chi connectivity index (χ4n) is 2.11. The van der Waals surface area contributed by atoms with E-state index in [-0.39, 0.29) is 18.0 Å². The molecule has 0 saturated heterocycles. The molecule has 1 unspecified atom stereocenters. The van der Waals surface area contributed by atoms with Gasteiger partial charge in [0.1, 0.15) is 0 Å². The highest BCUT2D eigenvalue weighted by Gasteiger charge is 2.31. The summed E-state index contributed by atoms with van der Waals surface area (Å²) in [5.41, 5.74) is -0.830. The minimum absolute atomic E-state index is 0.0393. The number of hydrogen-bond donors (Lipinski definition) is 1. The van der Waals surface area contributed by atoms with Crippen LogP contribution in [0.1, 0.15) is 17.2 Å². The van der Waals surface area contributed by atoms with Gasteiger partial charge in [0.15, 0.2) is 0 Å². The number of hydrogen-bond acceptors (Lipinski definition) is 5. The van der Waals surface area contributed by atoms with Crippen molar-refractivity contribution in [3.63, 3.8) is 0 Å². The second kappa shape index (κ2) is 6.25. The molecule has 0 radical (unpaired) electrons. The number of benzene rings is 1. The van der Waals surface area contributed by atoms with Gasteiger partial charge >= 0.3 is 11.9 Å². The van der Waals surface area contributed by atoms with E-state index < -0.39 is 23.6 Å². The van der Waals surface area contributed by atoms with E-state index in [1.54, 1.807) is 17.5 Å². The zero-order valence-corrected chi connectivity index (χ0v) is 12.8. The molecule has 0 fully saturated rings. The molecule has 1 N–H and O–H groups in total. The third kappa shape index (κ3) is 3.41. The van der Waals surface area contributed by atoms with Crippen LogP contribution in [0.4, 0.5) is 13.2 Å². The van der Waals surface area contributed by atoms with Gasteiger partial charge in [-0.1, -0.05) is 18.2 Å². The van der Waals surface area contributed by atoms with Gasteiger partial charge in [-0.15, -0.1) is 16.4 Å². The third-order valence-corrected chi connectivity index (χ3v) is 4.14. The van der Waals surface area contributed by atoms with Crippen molar-refractivity contribution in [3.8, 4) is 10.8 Å². The van der Waals surface area contributed by atoms with E-state index in [2.05, 4.69) is 5.10 Å². The highest BCUT2D eigenvalue weighted by Crippen LogP contribution is 2.31. The Hall–Kier alpha value is -2.39. The fourth-order valence-corrected chi connectivity index (χ4v) is 2.76. The summed E-state index contributed by atoms with van der Waals surface area (Å²) in [7, 11) is 0. The first-order valence-electron chi connectivity index (χ1n) is 6.81. The van der Waals surface area contributed by atoms with Crippen LogP contribution in [0, 0.1) is 0 Å². The van der Waals surface area contributed by atoms with Crippen molar-refractivity contribution in [1.29, 1.82) is 0 Å². The lowest BCUT2D eigenvalue weighted by Gasteiger charge is -2.13. The number of rotatable bonds is 4. The molecule has 0 aliphatic rings. The minimum atomic E-state index is -4.51. The van der Waals surface area contributed by atoms with Gasteiger partial charge in [0.25, 0.3) is 5.89 Å². The molecule has 3 aromatic rings. The molecule has 1 aromatic carbocycles. The lowest BCUT2D eigenvalue weighted by molar-refractivity contribution is -0.137. The number of aromatic nitrogens is 2. The zero-order chi connectivity index (χ0) is 17.3. The molecule has 0 saturated carbocycles. The Bertz CT molecular complexity index is 884. The predicted octanol–water partition coefficient (Wildman–Crippen LogP) is 3.32. The maximum Gasteiger partial charge on any atom is 0.437 e. The zero-order valence-electron chi connectivity index (χ0n) is 12.0. The van der Waals surface area contributed by atoms with Crippen molar-refractivity contribution in [3.05, 3.63) is 63.5 Å². The Labute approximate surface area is 137 Å². The van der Waals surface area contributed by atoms with E-state index in [0.717, 1.165) is 16.8 Å². The summed E-state index contributed by atoms with van der Waals surface area (Å²) >= 11 is 1.32. The second-order valence-corrected chi connectivity index (χ2v) is 5.92. The molecule has 0 amide bonds. The Morgan fingerprint density at radius 3 is 2.75 bits per heavy atom. The number of halogens is 3. The molecular weight excluding hydrogens is 345 g/mol. The highest BCUT2D eigenvalue weighted by molar-refractivity contribution is 7.13. The molecule has 0 bridgehead atoms. The first-order valence-corrected chi connectivity index (χ1v) is 7.69. The molecule has 5 nitrogen and oxygen atoms in total. The standard InChI is InChI=1S/C15H11F3N2O3S/c16-15(17,18)10-4-1-3-9(7-10)11(21)8-20-14(22)23-13(19-20)12-5-2-6-24-12/h1-7,11,21H,8H2. The number of thiophene rings is 1. The average molecular weight is 356 g/mol. The van der Waals surface area contributed by atoms with E-state index >= 15 is 0 Å². The molecule has 126 valence electrons. The number of aliphatic hydroxyl groups is 1. The van der Waals surface area contributed by atoms with Crippen molar-refractivity contribution >= 4 is 11.3 Å². The minimum Gasteiger partial charge on any atom is -0.387 e. The molecule has 2 heterocycles. The number of alkyl halides is 3. The van der Waals surface area contributed by atoms with Gasteiger partial charge in [-0.05, 0) is 29.1 Å². The quantitative estimate of drug-likeness (QED) is 0.779. The summed E-state index contributed by atoms with van der Waals surface area (Å²) in [6, 6.07) is 7.78. The van der Waals surface area contributed by atoms with E-state index in [9.17, 15) is 23.1 Å². The van der Waals surface area contributed by atoms with E-state index in [4.69, 9.17) is 4.42 Å². The first-order chi connectivity index (χ1) is 11.3. The normalized spacial score (nSPS) is 13.2. The molecule has 24 heavy (non-hydrogen) atoms. The molecule has 0 aliphatic carbocycles. The van der Waals surface area contributed by atoms with Gasteiger partial charge < -0.3 is 9.52 Å². The van der Waals surface area contributed by atoms with Gasteiger partial charge in [-0.2, -0.15) is 17.9 Å². The van der Waals surface area contributed by atoms with Crippen LogP contribution in [0.5, 0.6) is 0 Å². The van der Waals surface area contributed by atoms with E-state index in [1.807, 2.05) is 0 Å². The van der Waals surface area contributed by atoms with E-state index in [0.29, 0.717) is 4.88 Å². The Balaban J connectivity index is 1.83. The van der Waals surface area contributed by atoms with Crippen molar-refractivity contribution in [2.24, 2.45) is 0 Å². The maximum atomic E-state index is 12.7. The summed E-state index contributed by atoms with van der Waals surface area (Å²) in [5.74, 6) is -0.685. The molecule has 2 aromatic heterocycles. The molecular formula is C15H11F3N2O3S. The van der Waals surface area contributed by atoms with Crippen LogP contribution >= 0.6 is 11.3 Å². The van der Waals surface area contributed by atoms with Crippen molar-refractivity contribution < 1.29 is 22.7 Å². The van der Waals surface area contributed by atoms with Crippen LogP contribution in [0.25, 0.3) is 10.8 Å². The fraction of sp³-hybridized carbons (Fsp3) is 0.200. The van der Waals surface area contributed by atoms with Crippen molar-refractivity contribution in [1.82, 2.24) is 9.78 Å². The monoisotopic (exact) mass is 356 g/mol. The highest BCUT2D eigenvalue weighted by atomic mass is 32.1. The van der Waals surface area contributed by atoms with Crippen LogP contribution < -0.4 is 5.76 Å². The van der Waals surface area contributed by atoms with Crippen molar-refractivity contribution in [2.75, 3.05) is 0 Å². The molecule has 1 atom stereocenters. The number of aliphatic hydroxyl groups excluding tert-OH is 1. The third-order valence-electron chi connectivity index (χ3n) is 3.28. The summed E-state index contributed by atoms with van der Waals surface area (Å²) < 4.78 is 44.0. The van der Waals surface area contributed by atoms with Gasteiger partial charge in [0.05, 0.1) is 23.1 Å². The van der Waals surface area contributed by atoms with Crippen LogP contribution in [0.15, 0.2) is 51.0 Å². The lowest BCUT2D eigenvalue weighted by atomic mass is 10.1. The molecule has 0 spiro atoms. The lowest BCUT2D eigenvalue weighted by Crippen LogP contribution is -2.20. The van der Waals surface area contributed by atoms with Gasteiger partial charge in [0, 0.05) is 0 Å². The van der Waals surface area contributed by atoms with Crippen LogP contribution in [-0.4, -0.2) is 14.9 Å². The SMILES string of the molecule is O=c1oc(-c2cccs2)nn1CC(O)c1cccc(C(F)(F)F)c1. The smallest absolute Gasteiger partial charge is 0.387 e. The predicted molar refractivity (Wildman–Crippen MR) is 80.5 cm³/mol. The van der Waals surface area contributed by atoms with Crippen LogP contribution in [0.2, 0.25) is 0 Å². The summed E-state index contributed by atoms with van der Waals surface area (Å²) in [4.78, 5) is 12.4. The average Bonchev–Trinajstić information content (AvgIpc) is 3.17. The summed E-state index contributed by atoms with van der Waals surface area (Å²) in [6.45, 7) is -0.310. The Morgan fingerprint density at radius 1 is 1.29 bits per heavy atom. The maximum absolute atomic E-state index is 12.7. The van der Waals surface area contributed by atoms with Gasteiger partial charge in [0.2, 0.25) is 0 Å². The Kier molecular flexibility index (Phi) is 4.29. The van der Waals surface area contributed by atoms with Crippen LogP contribution in [-0.2, 0) is 12.7 Å². The van der Waals surface area contributed by atoms with Crippen molar-refractivity contribution in [2.45, 2.75) is 18.8 Å². The molecule has 9 heteroatoms. The van der Waals surface area contributed by atoms with E-state index in [1.165, 1.54) is 23.5 Å². The molecule has 0 aliphatic heterocycles. The van der Waals surface area contributed by atoms with Gasteiger partial charge in [-0.25, -0.2) is 4.79 Å². The first kappa shape index (κ1) is 16.5. The van der Waals surface area contributed by atoms with Crippen LogP contribution in [0.3, 0.4) is 0 Å². The van der Waals surface area contributed by atoms with Gasteiger partial charge in [-0.3, -0.25) is 0 Å². The molecule has 3 rings (SSSR count). The summed E-state index contributed by atoms with van der Waals surface area (Å²) in [6.07, 6.45) is -5.83. The Morgan fingerprint density at radius 2 is 2.08 bits per heavy atom. The topological polar surface area (TPSA) is 68.3 Å². The number of nitrogens with zero attached hydrogens (tertiary/aromatic N) is 2. The second-order valence-electron chi connectivity index (χ2n) is 4.97.